The predicted octanol–water partition coefficient (Wildman–Crippen LogP) is 1.32. The second kappa shape index (κ2) is 2.79. The normalized spacial score (nSPS) is 9.70. The van der Waals surface area contributed by atoms with Gasteiger partial charge in [0.2, 0.25) is 0 Å². The number of carbonyl (C=O) groups excluding carboxylic acids is 1. The Kier molecular flexibility index (Phi) is 2.01. The van der Waals surface area contributed by atoms with Crippen molar-refractivity contribution in [3.05, 3.63) is 11.1 Å². The molecule has 0 saturated heterocycles. The number of aromatic nitrogens is 1. The van der Waals surface area contributed by atoms with Crippen molar-refractivity contribution >= 4 is 22.3 Å². The zero-order valence-electron chi connectivity index (χ0n) is 5.63. The molecule has 54 valence electrons. The minimum atomic E-state index is 0.0490. The van der Waals surface area contributed by atoms with Crippen molar-refractivity contribution in [1.82, 2.24) is 4.98 Å². The fraction of sp³-hybridized carbons (Fsp3) is 0.333. The number of hydrogen-bond donors (Lipinski definition) is 1. The van der Waals surface area contributed by atoms with Crippen molar-refractivity contribution in [2.45, 2.75) is 13.3 Å². The summed E-state index contributed by atoms with van der Waals surface area (Å²) in [7, 11) is 0. The first-order valence-electron chi connectivity index (χ1n) is 2.98. The molecule has 0 radical (unpaired) electrons. The molecule has 0 amide bonds. The Hall–Kier alpha value is -0.900. The molecule has 0 aliphatic carbocycles. The van der Waals surface area contributed by atoms with Crippen LogP contribution in [0, 0.1) is 0 Å². The number of hydrogen-bond acceptors (Lipinski definition) is 4. The van der Waals surface area contributed by atoms with Crippen LogP contribution in [0.1, 0.15) is 23.8 Å². The number of carbonyl (C=O) groups is 1. The Balaban J connectivity index is 2.85. The molecule has 0 spiro atoms. The highest BCUT2D eigenvalue weighted by atomic mass is 32.1. The Morgan fingerprint density at radius 3 is 3.00 bits per heavy atom. The van der Waals surface area contributed by atoms with Gasteiger partial charge in [-0.05, 0) is 0 Å². The largest absolute Gasteiger partial charge is 0.375 e. The fourth-order valence-electron chi connectivity index (χ4n) is 0.597. The molecule has 1 aromatic rings. The standard InChI is InChI=1S/C6H8N2OS/c1-2-5(9)4-3-10-6(7)8-4/h3H,2H2,1H3,(H2,7,8). The first-order chi connectivity index (χ1) is 4.74. The molecular weight excluding hydrogens is 148 g/mol. The first kappa shape index (κ1) is 7.21. The van der Waals surface area contributed by atoms with E-state index < -0.39 is 0 Å². The van der Waals surface area contributed by atoms with Crippen LogP contribution in [0.25, 0.3) is 0 Å². The van der Waals surface area contributed by atoms with Gasteiger partial charge in [-0.3, -0.25) is 4.79 Å². The fourth-order valence-corrected chi connectivity index (χ4v) is 1.16. The highest BCUT2D eigenvalue weighted by molar-refractivity contribution is 7.13. The quantitative estimate of drug-likeness (QED) is 0.657. The Bertz CT molecular complexity index is 244. The maximum atomic E-state index is 10.9. The third kappa shape index (κ3) is 1.33. The number of thiazole rings is 1. The van der Waals surface area contributed by atoms with E-state index in [4.69, 9.17) is 5.73 Å². The van der Waals surface area contributed by atoms with Crippen LogP contribution in [0.4, 0.5) is 5.13 Å². The van der Waals surface area contributed by atoms with Gasteiger partial charge in [-0.1, -0.05) is 6.92 Å². The van der Waals surface area contributed by atoms with Gasteiger partial charge < -0.3 is 5.73 Å². The van der Waals surface area contributed by atoms with E-state index in [1.807, 2.05) is 0 Å². The number of nitrogen functional groups attached to an aromatic ring is 1. The number of Topliss-reactive ketones (excluding diaryl/α,β-unsaturated/α-hetero) is 1. The number of rotatable bonds is 2. The first-order valence-corrected chi connectivity index (χ1v) is 3.86. The summed E-state index contributed by atoms with van der Waals surface area (Å²) in [4.78, 5) is 14.7. The summed E-state index contributed by atoms with van der Waals surface area (Å²) in [6.07, 6.45) is 0.489. The molecule has 1 heterocycles. The van der Waals surface area contributed by atoms with E-state index in [0.717, 1.165) is 0 Å². The maximum absolute atomic E-state index is 10.9. The van der Waals surface area contributed by atoms with Gasteiger partial charge in [0.25, 0.3) is 0 Å². The van der Waals surface area contributed by atoms with Gasteiger partial charge in [0.1, 0.15) is 5.69 Å². The molecule has 0 saturated carbocycles. The van der Waals surface area contributed by atoms with Gasteiger partial charge >= 0.3 is 0 Å². The topological polar surface area (TPSA) is 56.0 Å². The summed E-state index contributed by atoms with van der Waals surface area (Å²) in [6.45, 7) is 1.80. The van der Waals surface area contributed by atoms with Crippen molar-refractivity contribution in [2.24, 2.45) is 0 Å². The molecular formula is C6H8N2OS. The average molecular weight is 156 g/mol. The summed E-state index contributed by atoms with van der Waals surface area (Å²) < 4.78 is 0. The molecule has 0 aliphatic heterocycles. The van der Waals surface area contributed by atoms with Crippen LogP contribution in [0.15, 0.2) is 5.38 Å². The summed E-state index contributed by atoms with van der Waals surface area (Å²) in [5, 5.41) is 2.14. The zero-order valence-corrected chi connectivity index (χ0v) is 6.44. The molecule has 1 aromatic heterocycles. The summed E-state index contributed by atoms with van der Waals surface area (Å²) in [5.74, 6) is 0.0490. The van der Waals surface area contributed by atoms with Crippen LogP contribution in [0.5, 0.6) is 0 Å². The highest BCUT2D eigenvalue weighted by Crippen LogP contribution is 2.11. The molecule has 3 nitrogen and oxygen atoms in total. The summed E-state index contributed by atoms with van der Waals surface area (Å²) >= 11 is 1.29. The molecule has 0 aromatic carbocycles. The molecule has 0 aliphatic rings. The molecule has 1 rings (SSSR count). The maximum Gasteiger partial charge on any atom is 0.181 e. The number of anilines is 1. The number of nitrogens with two attached hydrogens (primary N) is 1. The van der Waals surface area contributed by atoms with Gasteiger partial charge in [0.05, 0.1) is 0 Å². The lowest BCUT2D eigenvalue weighted by molar-refractivity contribution is 0.0984. The molecule has 10 heavy (non-hydrogen) atoms. The van der Waals surface area contributed by atoms with Gasteiger partial charge in [0, 0.05) is 11.8 Å². The molecule has 4 heteroatoms. The van der Waals surface area contributed by atoms with Crippen LogP contribution < -0.4 is 5.73 Å². The van der Waals surface area contributed by atoms with Crippen LogP contribution in [-0.2, 0) is 0 Å². The third-order valence-electron chi connectivity index (χ3n) is 1.13. The van der Waals surface area contributed by atoms with E-state index in [0.29, 0.717) is 17.2 Å². The average Bonchev–Trinajstić information content (AvgIpc) is 2.34. The Morgan fingerprint density at radius 1 is 1.90 bits per heavy atom. The van der Waals surface area contributed by atoms with Crippen molar-refractivity contribution in [3.8, 4) is 0 Å². The molecule has 2 N–H and O–H groups in total. The van der Waals surface area contributed by atoms with Crippen LogP contribution in [0.2, 0.25) is 0 Å². The smallest absolute Gasteiger partial charge is 0.181 e. The third-order valence-corrected chi connectivity index (χ3v) is 1.80. The van der Waals surface area contributed by atoms with E-state index >= 15 is 0 Å². The van der Waals surface area contributed by atoms with Gasteiger partial charge in [-0.2, -0.15) is 0 Å². The molecule has 0 unspecified atom stereocenters. The molecule has 0 fully saturated rings. The summed E-state index contributed by atoms with van der Waals surface area (Å²) in [6, 6.07) is 0. The van der Waals surface area contributed by atoms with Crippen LogP contribution in [-0.4, -0.2) is 10.8 Å². The van der Waals surface area contributed by atoms with E-state index in [9.17, 15) is 4.79 Å². The van der Waals surface area contributed by atoms with Gasteiger partial charge in [-0.25, -0.2) is 4.98 Å². The van der Waals surface area contributed by atoms with Gasteiger partial charge in [0.15, 0.2) is 10.9 Å². The lowest BCUT2D eigenvalue weighted by atomic mass is 10.2. The second-order valence-electron chi connectivity index (χ2n) is 1.85. The monoisotopic (exact) mass is 156 g/mol. The molecule has 0 bridgehead atoms. The van der Waals surface area contributed by atoms with E-state index in [-0.39, 0.29) is 5.78 Å². The minimum Gasteiger partial charge on any atom is -0.375 e. The lowest BCUT2D eigenvalue weighted by Crippen LogP contribution is -1.96. The zero-order chi connectivity index (χ0) is 7.56. The SMILES string of the molecule is CCC(=O)c1csc(N)n1. The van der Waals surface area contributed by atoms with Crippen molar-refractivity contribution in [1.29, 1.82) is 0 Å². The minimum absolute atomic E-state index is 0.0490. The van der Waals surface area contributed by atoms with Crippen molar-refractivity contribution in [3.63, 3.8) is 0 Å². The second-order valence-corrected chi connectivity index (χ2v) is 2.74. The molecule has 0 atom stereocenters. The Labute approximate surface area is 62.9 Å². The van der Waals surface area contributed by atoms with E-state index in [1.165, 1.54) is 11.3 Å². The van der Waals surface area contributed by atoms with Crippen molar-refractivity contribution < 1.29 is 4.79 Å². The van der Waals surface area contributed by atoms with Crippen LogP contribution >= 0.6 is 11.3 Å². The summed E-state index contributed by atoms with van der Waals surface area (Å²) in [5.41, 5.74) is 5.82. The van der Waals surface area contributed by atoms with Crippen molar-refractivity contribution in [2.75, 3.05) is 5.73 Å². The Morgan fingerprint density at radius 2 is 2.60 bits per heavy atom. The lowest BCUT2D eigenvalue weighted by Gasteiger charge is -1.86. The highest BCUT2D eigenvalue weighted by Gasteiger charge is 2.05. The van der Waals surface area contributed by atoms with E-state index in [1.54, 1.807) is 12.3 Å². The number of ketones is 1. The van der Waals surface area contributed by atoms with Crippen LogP contribution in [0.3, 0.4) is 0 Å². The van der Waals surface area contributed by atoms with Gasteiger partial charge in [-0.15, -0.1) is 11.3 Å². The predicted molar refractivity (Wildman–Crippen MR) is 41.1 cm³/mol. The van der Waals surface area contributed by atoms with E-state index in [2.05, 4.69) is 4.98 Å². The number of nitrogens with zero attached hydrogens (tertiary/aromatic N) is 1.